The fraction of sp³-hybridized carbons (Fsp3) is 0.714. The number of hydrogen-bond donors (Lipinski definition) is 0. The van der Waals surface area contributed by atoms with Gasteiger partial charge in [0.2, 0.25) is 0 Å². The van der Waals surface area contributed by atoms with Gasteiger partial charge in [0, 0.05) is 56.5 Å². The number of rotatable bonds is 11. The Morgan fingerprint density at radius 3 is 2.28 bits per heavy atom. The number of benzene rings is 1. The second-order valence-corrected chi connectivity index (χ2v) is 14.6. The molecule has 5 rings (SSSR count). The number of amides is 2. The maximum atomic E-state index is 13.6. The van der Waals surface area contributed by atoms with Crippen LogP contribution in [0.15, 0.2) is 18.2 Å². The number of likely N-dealkylation sites (tertiary alicyclic amines) is 1. The Balaban J connectivity index is 1.17. The molecule has 1 aromatic rings. The lowest BCUT2D eigenvalue weighted by Gasteiger charge is -2.46. The van der Waals surface area contributed by atoms with E-state index in [1.807, 2.05) is 43.9 Å². The molecular weight excluding hydrogens is 590 g/mol. The van der Waals surface area contributed by atoms with Gasteiger partial charge >= 0.3 is 18.0 Å². The SMILES string of the molecule is COC(=O)CCC(C(=O)OC)N1C(=O)c2ccc(OC3CC(N(CC4CCN(C(=O)OC(C)(C)C)CC4)C(C)C)C3)cc2C12CC2. The Kier molecular flexibility index (Phi) is 9.92. The largest absolute Gasteiger partial charge is 0.490 e. The van der Waals surface area contributed by atoms with Crippen molar-refractivity contribution in [2.45, 2.75) is 121 Å². The van der Waals surface area contributed by atoms with Crippen LogP contribution in [0.3, 0.4) is 0 Å². The van der Waals surface area contributed by atoms with Crippen LogP contribution in [0, 0.1) is 5.92 Å². The highest BCUT2D eigenvalue weighted by Gasteiger charge is 2.61. The molecule has 11 heteroatoms. The van der Waals surface area contributed by atoms with E-state index in [0.29, 0.717) is 23.6 Å². The van der Waals surface area contributed by atoms with Crippen LogP contribution in [0.25, 0.3) is 0 Å². The first-order valence-electron chi connectivity index (χ1n) is 16.8. The first-order chi connectivity index (χ1) is 21.8. The average molecular weight is 642 g/mol. The third kappa shape index (κ3) is 7.14. The summed E-state index contributed by atoms with van der Waals surface area (Å²) in [6, 6.07) is 5.61. The lowest BCUT2D eigenvalue weighted by molar-refractivity contribution is -0.148. The van der Waals surface area contributed by atoms with Crippen LogP contribution < -0.4 is 4.74 Å². The first kappa shape index (κ1) is 34.0. The third-order valence-corrected chi connectivity index (χ3v) is 10.0. The van der Waals surface area contributed by atoms with E-state index in [0.717, 1.165) is 69.5 Å². The molecule has 2 saturated carbocycles. The quantitative estimate of drug-likeness (QED) is 0.246. The Bertz CT molecular complexity index is 1310. The molecule has 4 aliphatic rings. The van der Waals surface area contributed by atoms with Crippen molar-refractivity contribution in [2.75, 3.05) is 33.9 Å². The van der Waals surface area contributed by atoms with Crippen molar-refractivity contribution in [1.29, 1.82) is 0 Å². The van der Waals surface area contributed by atoms with E-state index in [2.05, 4.69) is 18.7 Å². The number of ether oxygens (including phenoxy) is 4. The maximum Gasteiger partial charge on any atom is 0.410 e. The summed E-state index contributed by atoms with van der Waals surface area (Å²) in [5.74, 6) is 0.0912. The van der Waals surface area contributed by atoms with Crippen LogP contribution in [-0.2, 0) is 29.3 Å². The molecule has 0 bridgehead atoms. The van der Waals surface area contributed by atoms with E-state index in [1.165, 1.54) is 14.2 Å². The normalized spacial score (nSPS) is 22.8. The fourth-order valence-corrected chi connectivity index (χ4v) is 7.34. The minimum absolute atomic E-state index is 0.0162. The molecular formula is C35H51N3O8. The van der Waals surface area contributed by atoms with E-state index in [1.54, 1.807) is 4.90 Å². The molecule has 2 heterocycles. The summed E-state index contributed by atoms with van der Waals surface area (Å²) in [7, 11) is 2.61. The van der Waals surface area contributed by atoms with E-state index < -0.39 is 29.1 Å². The molecule has 1 unspecified atom stereocenters. The van der Waals surface area contributed by atoms with Gasteiger partial charge in [-0.3, -0.25) is 14.5 Å². The second-order valence-electron chi connectivity index (χ2n) is 14.6. The van der Waals surface area contributed by atoms with Gasteiger partial charge in [0.1, 0.15) is 23.5 Å². The summed E-state index contributed by atoms with van der Waals surface area (Å²) in [5, 5.41) is 0. The molecule has 0 aromatic heterocycles. The van der Waals surface area contributed by atoms with Crippen molar-refractivity contribution in [3.8, 4) is 5.75 Å². The van der Waals surface area contributed by atoms with Gasteiger partial charge in [-0.2, -0.15) is 0 Å². The predicted molar refractivity (Wildman–Crippen MR) is 170 cm³/mol. The van der Waals surface area contributed by atoms with Crippen LogP contribution in [0.2, 0.25) is 0 Å². The molecule has 0 N–H and O–H groups in total. The monoisotopic (exact) mass is 641 g/mol. The highest BCUT2D eigenvalue weighted by atomic mass is 16.6. The van der Waals surface area contributed by atoms with E-state index in [4.69, 9.17) is 18.9 Å². The van der Waals surface area contributed by atoms with Crippen molar-refractivity contribution >= 4 is 23.9 Å². The van der Waals surface area contributed by atoms with E-state index >= 15 is 0 Å². The number of methoxy groups -OCH3 is 2. The first-order valence-corrected chi connectivity index (χ1v) is 16.8. The van der Waals surface area contributed by atoms with Crippen LogP contribution in [0.1, 0.15) is 102 Å². The standard InChI is InChI=1S/C35H51N3O8/c1-22(2)37(21-23-12-16-36(17-13-23)33(42)46-34(3,4)5)24-18-26(19-24)45-25-8-9-27-28(20-25)35(14-15-35)38(31(27)40)29(32(41)44-7)10-11-30(39)43-6/h8-9,20,22-24,26,29H,10-19,21H2,1-7H3. The van der Waals surface area contributed by atoms with Crippen molar-refractivity contribution < 1.29 is 38.1 Å². The van der Waals surface area contributed by atoms with Gasteiger partial charge in [0.05, 0.1) is 19.8 Å². The van der Waals surface area contributed by atoms with Crippen LogP contribution >= 0.6 is 0 Å². The second kappa shape index (κ2) is 13.4. The molecule has 1 atom stereocenters. The Morgan fingerprint density at radius 1 is 1.04 bits per heavy atom. The number of nitrogens with zero attached hydrogens (tertiary/aromatic N) is 3. The molecule has 1 saturated heterocycles. The number of carbonyl (C=O) groups is 4. The van der Waals surface area contributed by atoms with Gasteiger partial charge in [-0.15, -0.1) is 0 Å². The highest BCUT2D eigenvalue weighted by Crippen LogP contribution is 2.58. The van der Waals surface area contributed by atoms with Gasteiger partial charge in [0.25, 0.3) is 5.91 Å². The summed E-state index contributed by atoms with van der Waals surface area (Å²) in [5.41, 5.74) is 0.408. The zero-order chi connectivity index (χ0) is 33.4. The molecule has 2 aliphatic heterocycles. The lowest BCUT2D eigenvalue weighted by Crippen LogP contribution is -2.54. The topological polar surface area (TPSA) is 115 Å². The van der Waals surface area contributed by atoms with Crippen molar-refractivity contribution in [3.05, 3.63) is 29.3 Å². The molecule has 0 radical (unpaired) electrons. The molecule has 3 fully saturated rings. The van der Waals surface area contributed by atoms with Gasteiger partial charge in [-0.05, 0) is 96.4 Å². The molecule has 2 aliphatic carbocycles. The third-order valence-electron chi connectivity index (χ3n) is 10.0. The lowest BCUT2D eigenvalue weighted by atomic mass is 9.85. The van der Waals surface area contributed by atoms with Crippen molar-refractivity contribution in [1.82, 2.24) is 14.7 Å². The summed E-state index contributed by atoms with van der Waals surface area (Å²) >= 11 is 0. The number of carbonyl (C=O) groups excluding carboxylic acids is 4. The van der Waals surface area contributed by atoms with Crippen LogP contribution in [-0.4, -0.2) is 102 Å². The van der Waals surface area contributed by atoms with Crippen molar-refractivity contribution in [3.63, 3.8) is 0 Å². The molecule has 1 aromatic carbocycles. The molecule has 254 valence electrons. The predicted octanol–water partition coefficient (Wildman–Crippen LogP) is 4.89. The fourth-order valence-electron chi connectivity index (χ4n) is 7.34. The molecule has 2 amide bonds. The van der Waals surface area contributed by atoms with Crippen LogP contribution in [0.5, 0.6) is 5.75 Å². The Hall–Kier alpha value is -3.34. The van der Waals surface area contributed by atoms with Gasteiger partial charge in [0.15, 0.2) is 0 Å². The summed E-state index contributed by atoms with van der Waals surface area (Å²) in [4.78, 5) is 56.8. The molecule has 1 spiro atoms. The van der Waals surface area contributed by atoms with E-state index in [9.17, 15) is 19.2 Å². The number of esters is 2. The number of fused-ring (bicyclic) bond motifs is 2. The average Bonchev–Trinajstić information content (AvgIpc) is 3.75. The van der Waals surface area contributed by atoms with Crippen LogP contribution in [0.4, 0.5) is 4.79 Å². The van der Waals surface area contributed by atoms with Gasteiger partial charge < -0.3 is 28.7 Å². The molecule has 11 nitrogen and oxygen atoms in total. The smallest absolute Gasteiger partial charge is 0.410 e. The Labute approximate surface area is 272 Å². The van der Waals surface area contributed by atoms with Gasteiger partial charge in [-0.25, -0.2) is 9.59 Å². The van der Waals surface area contributed by atoms with E-state index in [-0.39, 0.29) is 30.9 Å². The maximum absolute atomic E-state index is 13.6. The zero-order valence-corrected chi connectivity index (χ0v) is 28.5. The molecule has 46 heavy (non-hydrogen) atoms. The van der Waals surface area contributed by atoms with Crippen molar-refractivity contribution in [2.24, 2.45) is 5.92 Å². The summed E-state index contributed by atoms with van der Waals surface area (Å²) in [6.07, 6.45) is 5.32. The minimum atomic E-state index is -0.866. The Morgan fingerprint density at radius 2 is 1.72 bits per heavy atom. The number of piperidine rings is 1. The zero-order valence-electron chi connectivity index (χ0n) is 28.5. The summed E-state index contributed by atoms with van der Waals surface area (Å²) < 4.78 is 21.8. The highest BCUT2D eigenvalue weighted by molar-refractivity contribution is 6.03. The van der Waals surface area contributed by atoms with Gasteiger partial charge in [-0.1, -0.05) is 0 Å². The summed E-state index contributed by atoms with van der Waals surface area (Å²) in [6.45, 7) is 12.7. The minimum Gasteiger partial charge on any atom is -0.490 e. The number of hydrogen-bond acceptors (Lipinski definition) is 9.